The number of fused-ring (bicyclic) bond motifs is 1. The molecule has 2 aromatic carbocycles. The summed E-state index contributed by atoms with van der Waals surface area (Å²) < 4.78 is 40.5. The number of aryl methyl sites for hydroxylation is 2. The van der Waals surface area contributed by atoms with Crippen LogP contribution in [-0.4, -0.2) is 27.2 Å². The van der Waals surface area contributed by atoms with Gasteiger partial charge in [-0.1, -0.05) is 35.9 Å². The number of imidazole rings is 1. The van der Waals surface area contributed by atoms with Crippen molar-refractivity contribution in [3.63, 3.8) is 0 Å². The highest BCUT2D eigenvalue weighted by molar-refractivity contribution is 5.94. The summed E-state index contributed by atoms with van der Waals surface area (Å²) in [5.41, 5.74) is 4.88. The van der Waals surface area contributed by atoms with Crippen molar-refractivity contribution >= 4 is 11.6 Å². The fraction of sp³-hybridized carbons (Fsp3) is 0.200. The van der Waals surface area contributed by atoms with E-state index in [-0.39, 0.29) is 18.0 Å². The number of carbonyl (C=O) groups is 1. The Bertz CT molecular complexity index is 1270. The highest BCUT2D eigenvalue weighted by Crippen LogP contribution is 2.30. The molecule has 164 valence electrons. The van der Waals surface area contributed by atoms with Gasteiger partial charge in [0.05, 0.1) is 23.5 Å². The minimum Gasteiger partial charge on any atom is -0.336 e. The van der Waals surface area contributed by atoms with Gasteiger partial charge >= 0.3 is 6.18 Å². The maximum Gasteiger partial charge on any atom is 0.416 e. The number of aromatic nitrogens is 2. The minimum absolute atomic E-state index is 0.197. The number of alkyl halides is 3. The molecule has 2 heterocycles. The second-order valence-electron chi connectivity index (χ2n) is 7.94. The van der Waals surface area contributed by atoms with Gasteiger partial charge < -0.3 is 9.30 Å². The standard InChI is InChI=1S/C25H22F3N3O/c1-16-4-7-18(8-5-16)23-21(31-14-17(2)6-13-22(31)29-23)15-30(3)24(32)19-9-11-20(12-10-19)25(26,27)28/h4-14H,15H2,1-3H3. The molecule has 0 atom stereocenters. The molecule has 0 aliphatic rings. The number of hydrogen-bond donors (Lipinski definition) is 0. The van der Waals surface area contributed by atoms with Crippen molar-refractivity contribution in [1.29, 1.82) is 0 Å². The van der Waals surface area contributed by atoms with Gasteiger partial charge in [-0.15, -0.1) is 0 Å². The van der Waals surface area contributed by atoms with Crippen molar-refractivity contribution in [2.75, 3.05) is 7.05 Å². The summed E-state index contributed by atoms with van der Waals surface area (Å²) in [6.07, 6.45) is -2.48. The van der Waals surface area contributed by atoms with E-state index in [0.717, 1.165) is 45.9 Å². The second kappa shape index (κ2) is 8.15. The van der Waals surface area contributed by atoms with Gasteiger partial charge in [-0.25, -0.2) is 4.98 Å². The van der Waals surface area contributed by atoms with Crippen LogP contribution < -0.4 is 0 Å². The number of amides is 1. The molecule has 0 fully saturated rings. The van der Waals surface area contributed by atoms with Crippen molar-refractivity contribution in [2.45, 2.75) is 26.6 Å². The van der Waals surface area contributed by atoms with Gasteiger partial charge in [-0.3, -0.25) is 4.79 Å². The fourth-order valence-electron chi connectivity index (χ4n) is 3.61. The largest absolute Gasteiger partial charge is 0.416 e. The SMILES string of the molecule is Cc1ccc(-c2nc3ccc(C)cn3c2CN(C)C(=O)c2ccc(C(F)(F)F)cc2)cc1. The lowest BCUT2D eigenvalue weighted by Gasteiger charge is -2.19. The van der Waals surface area contributed by atoms with Crippen molar-refractivity contribution in [1.82, 2.24) is 14.3 Å². The third kappa shape index (κ3) is 4.23. The molecular formula is C25H22F3N3O. The van der Waals surface area contributed by atoms with E-state index < -0.39 is 11.7 Å². The number of hydrogen-bond acceptors (Lipinski definition) is 2. The normalized spacial score (nSPS) is 11.7. The molecule has 0 aliphatic carbocycles. The Hall–Kier alpha value is -3.61. The Morgan fingerprint density at radius 3 is 2.19 bits per heavy atom. The Kier molecular flexibility index (Phi) is 5.50. The predicted molar refractivity (Wildman–Crippen MR) is 117 cm³/mol. The zero-order valence-corrected chi connectivity index (χ0v) is 17.9. The Labute approximate surface area is 183 Å². The molecule has 0 N–H and O–H groups in total. The molecule has 1 amide bonds. The van der Waals surface area contributed by atoms with E-state index in [1.807, 2.05) is 60.8 Å². The zero-order chi connectivity index (χ0) is 23.0. The van der Waals surface area contributed by atoms with Crippen LogP contribution in [0.4, 0.5) is 13.2 Å². The number of rotatable bonds is 4. The molecule has 0 bridgehead atoms. The fourth-order valence-corrected chi connectivity index (χ4v) is 3.61. The summed E-state index contributed by atoms with van der Waals surface area (Å²) in [7, 11) is 1.63. The van der Waals surface area contributed by atoms with E-state index in [9.17, 15) is 18.0 Å². The summed E-state index contributed by atoms with van der Waals surface area (Å²) in [6.45, 7) is 4.23. The van der Waals surface area contributed by atoms with Crippen LogP contribution in [0, 0.1) is 13.8 Å². The second-order valence-corrected chi connectivity index (χ2v) is 7.94. The first-order valence-electron chi connectivity index (χ1n) is 10.1. The Balaban J connectivity index is 1.69. The van der Waals surface area contributed by atoms with Gasteiger partial charge in [0, 0.05) is 24.4 Å². The van der Waals surface area contributed by atoms with Crippen LogP contribution in [0.25, 0.3) is 16.9 Å². The van der Waals surface area contributed by atoms with Crippen LogP contribution in [0.2, 0.25) is 0 Å². The summed E-state index contributed by atoms with van der Waals surface area (Å²) in [5.74, 6) is -0.365. The van der Waals surface area contributed by atoms with E-state index in [4.69, 9.17) is 4.98 Å². The maximum atomic E-state index is 12.9. The zero-order valence-electron chi connectivity index (χ0n) is 17.9. The topological polar surface area (TPSA) is 37.6 Å². The molecule has 4 rings (SSSR count). The summed E-state index contributed by atoms with van der Waals surface area (Å²) >= 11 is 0. The average Bonchev–Trinajstić information content (AvgIpc) is 3.10. The van der Waals surface area contributed by atoms with E-state index in [0.29, 0.717) is 0 Å². The third-order valence-electron chi connectivity index (χ3n) is 5.38. The van der Waals surface area contributed by atoms with Gasteiger partial charge in [0.1, 0.15) is 5.65 Å². The van der Waals surface area contributed by atoms with Crippen LogP contribution >= 0.6 is 0 Å². The molecule has 0 radical (unpaired) electrons. The van der Waals surface area contributed by atoms with Crippen molar-refractivity contribution in [3.05, 3.63) is 94.8 Å². The van der Waals surface area contributed by atoms with Crippen LogP contribution in [0.1, 0.15) is 32.7 Å². The van der Waals surface area contributed by atoms with Crippen LogP contribution in [0.5, 0.6) is 0 Å². The van der Waals surface area contributed by atoms with Gasteiger partial charge in [-0.2, -0.15) is 13.2 Å². The molecule has 0 unspecified atom stereocenters. The molecule has 2 aromatic heterocycles. The molecule has 32 heavy (non-hydrogen) atoms. The lowest BCUT2D eigenvalue weighted by Crippen LogP contribution is -2.27. The molecular weight excluding hydrogens is 415 g/mol. The maximum absolute atomic E-state index is 12.9. The molecule has 7 heteroatoms. The smallest absolute Gasteiger partial charge is 0.336 e. The van der Waals surface area contributed by atoms with Crippen LogP contribution in [0.15, 0.2) is 66.9 Å². The monoisotopic (exact) mass is 437 g/mol. The van der Waals surface area contributed by atoms with Crippen molar-refractivity contribution in [3.8, 4) is 11.3 Å². The van der Waals surface area contributed by atoms with Gasteiger partial charge in [0.25, 0.3) is 5.91 Å². The summed E-state index contributed by atoms with van der Waals surface area (Å²) in [5, 5.41) is 0. The molecule has 0 saturated carbocycles. The van der Waals surface area contributed by atoms with Crippen LogP contribution in [-0.2, 0) is 12.7 Å². The first-order chi connectivity index (χ1) is 15.1. The van der Waals surface area contributed by atoms with E-state index >= 15 is 0 Å². The molecule has 4 aromatic rings. The van der Waals surface area contributed by atoms with Crippen molar-refractivity contribution in [2.24, 2.45) is 0 Å². The lowest BCUT2D eigenvalue weighted by molar-refractivity contribution is -0.137. The number of halogens is 3. The molecule has 0 aliphatic heterocycles. The van der Waals surface area contributed by atoms with Gasteiger partial charge in [0.15, 0.2) is 0 Å². The first kappa shape index (κ1) is 21.6. The molecule has 4 nitrogen and oxygen atoms in total. The predicted octanol–water partition coefficient (Wildman–Crippen LogP) is 5.91. The number of nitrogens with zero attached hydrogens (tertiary/aromatic N) is 3. The number of carbonyl (C=O) groups excluding carboxylic acids is 1. The highest BCUT2D eigenvalue weighted by Gasteiger charge is 2.30. The van der Waals surface area contributed by atoms with E-state index in [2.05, 4.69) is 0 Å². The van der Waals surface area contributed by atoms with Crippen molar-refractivity contribution < 1.29 is 18.0 Å². The first-order valence-corrected chi connectivity index (χ1v) is 10.1. The Morgan fingerprint density at radius 2 is 1.56 bits per heavy atom. The van der Waals surface area contributed by atoms with E-state index in [1.54, 1.807) is 7.05 Å². The number of pyridine rings is 1. The number of benzene rings is 2. The van der Waals surface area contributed by atoms with Gasteiger partial charge in [-0.05, 0) is 49.7 Å². The quantitative estimate of drug-likeness (QED) is 0.398. The molecule has 0 spiro atoms. The summed E-state index contributed by atoms with van der Waals surface area (Å²) in [6, 6.07) is 16.2. The summed E-state index contributed by atoms with van der Waals surface area (Å²) in [4.78, 5) is 19.2. The minimum atomic E-state index is -4.44. The Morgan fingerprint density at radius 1 is 0.938 bits per heavy atom. The van der Waals surface area contributed by atoms with E-state index in [1.165, 1.54) is 17.0 Å². The highest BCUT2D eigenvalue weighted by atomic mass is 19.4. The average molecular weight is 437 g/mol. The molecule has 0 saturated heterocycles. The third-order valence-corrected chi connectivity index (χ3v) is 5.38. The van der Waals surface area contributed by atoms with Crippen LogP contribution in [0.3, 0.4) is 0 Å². The van der Waals surface area contributed by atoms with Gasteiger partial charge in [0.2, 0.25) is 0 Å². The lowest BCUT2D eigenvalue weighted by atomic mass is 10.1.